The molecule has 0 radical (unpaired) electrons. The average Bonchev–Trinajstić information content (AvgIpc) is 2.87. The number of likely N-dealkylation sites (tertiary alicyclic amines) is 1. The number of primary amides is 1. The SMILES string of the molecule is CC[C@H]1CN(c2ncc(C(N)=O)nc2C(F)(F)F)CCN1C1CCN(C(=O)c2ccc(Cl)cc2)CC1. The Morgan fingerprint density at radius 1 is 1.11 bits per heavy atom. The van der Waals surface area contributed by atoms with Crippen LogP contribution in [0.15, 0.2) is 30.5 Å². The maximum Gasteiger partial charge on any atom is 0.437 e. The normalized spacial score (nSPS) is 20.0. The van der Waals surface area contributed by atoms with E-state index in [1.54, 1.807) is 29.2 Å². The first kappa shape index (κ1) is 26.2. The van der Waals surface area contributed by atoms with Crippen molar-refractivity contribution in [1.29, 1.82) is 0 Å². The number of benzene rings is 1. The number of hydrogen-bond donors (Lipinski definition) is 1. The minimum Gasteiger partial charge on any atom is -0.364 e. The average molecular weight is 525 g/mol. The van der Waals surface area contributed by atoms with Gasteiger partial charge in [0.2, 0.25) is 0 Å². The quantitative estimate of drug-likeness (QED) is 0.643. The molecule has 2 amide bonds. The molecule has 2 aliphatic rings. The van der Waals surface area contributed by atoms with Gasteiger partial charge in [-0.15, -0.1) is 0 Å². The van der Waals surface area contributed by atoms with E-state index in [1.165, 1.54) is 0 Å². The van der Waals surface area contributed by atoms with E-state index in [1.807, 2.05) is 11.8 Å². The maximum absolute atomic E-state index is 13.7. The molecule has 0 unspecified atom stereocenters. The second-order valence-corrected chi connectivity index (χ2v) is 9.50. The van der Waals surface area contributed by atoms with Crippen molar-refractivity contribution >= 4 is 29.2 Å². The van der Waals surface area contributed by atoms with E-state index in [9.17, 15) is 22.8 Å². The molecule has 4 rings (SSSR count). The summed E-state index contributed by atoms with van der Waals surface area (Å²) in [5.41, 5.74) is 3.99. The number of halogens is 4. The summed E-state index contributed by atoms with van der Waals surface area (Å²) in [5.74, 6) is -1.37. The summed E-state index contributed by atoms with van der Waals surface area (Å²) in [6.07, 6.45) is -1.45. The number of hydrogen-bond acceptors (Lipinski definition) is 6. The lowest BCUT2D eigenvalue weighted by atomic mass is 9.97. The first-order valence-electron chi connectivity index (χ1n) is 11.9. The number of amides is 2. The molecule has 194 valence electrons. The van der Waals surface area contributed by atoms with Crippen LogP contribution in [0.25, 0.3) is 0 Å². The summed E-state index contributed by atoms with van der Waals surface area (Å²) in [6, 6.07) is 7.08. The van der Waals surface area contributed by atoms with E-state index in [0.29, 0.717) is 43.3 Å². The van der Waals surface area contributed by atoms with Crippen molar-refractivity contribution in [2.24, 2.45) is 5.73 Å². The predicted octanol–water partition coefficient (Wildman–Crippen LogP) is 3.45. The molecule has 0 saturated carbocycles. The molecule has 1 atom stereocenters. The van der Waals surface area contributed by atoms with Gasteiger partial charge in [0, 0.05) is 55.4 Å². The second kappa shape index (κ2) is 10.6. The summed E-state index contributed by atoms with van der Waals surface area (Å²) in [4.78, 5) is 37.3. The molecule has 1 aromatic heterocycles. The van der Waals surface area contributed by atoms with Crippen LogP contribution in [0, 0.1) is 0 Å². The minimum atomic E-state index is -4.77. The van der Waals surface area contributed by atoms with Crippen molar-refractivity contribution in [3.8, 4) is 0 Å². The van der Waals surface area contributed by atoms with Gasteiger partial charge >= 0.3 is 6.18 Å². The van der Waals surface area contributed by atoms with Gasteiger partial charge in [0.05, 0.1) is 6.20 Å². The van der Waals surface area contributed by atoms with Crippen molar-refractivity contribution in [1.82, 2.24) is 19.8 Å². The zero-order valence-electron chi connectivity index (χ0n) is 19.8. The van der Waals surface area contributed by atoms with Gasteiger partial charge in [-0.1, -0.05) is 18.5 Å². The van der Waals surface area contributed by atoms with E-state index >= 15 is 0 Å². The van der Waals surface area contributed by atoms with Crippen molar-refractivity contribution in [3.05, 3.63) is 52.4 Å². The van der Waals surface area contributed by atoms with Gasteiger partial charge in [-0.25, -0.2) is 9.97 Å². The summed E-state index contributed by atoms with van der Waals surface area (Å²) >= 11 is 5.92. The highest BCUT2D eigenvalue weighted by atomic mass is 35.5. The Kier molecular flexibility index (Phi) is 7.70. The Balaban J connectivity index is 1.42. The molecule has 1 aromatic carbocycles. The number of rotatable bonds is 5. The molecular weight excluding hydrogens is 497 g/mol. The third kappa shape index (κ3) is 5.57. The highest BCUT2D eigenvalue weighted by molar-refractivity contribution is 6.30. The van der Waals surface area contributed by atoms with Crippen LogP contribution in [-0.4, -0.2) is 76.4 Å². The Morgan fingerprint density at radius 3 is 2.36 bits per heavy atom. The van der Waals surface area contributed by atoms with Crippen LogP contribution in [0.2, 0.25) is 5.02 Å². The van der Waals surface area contributed by atoms with Crippen molar-refractivity contribution in [3.63, 3.8) is 0 Å². The zero-order valence-corrected chi connectivity index (χ0v) is 20.6. The molecule has 36 heavy (non-hydrogen) atoms. The number of aromatic nitrogens is 2. The fourth-order valence-electron chi connectivity index (χ4n) is 5.00. The van der Waals surface area contributed by atoms with E-state index in [2.05, 4.69) is 14.9 Å². The second-order valence-electron chi connectivity index (χ2n) is 9.07. The molecule has 2 saturated heterocycles. The van der Waals surface area contributed by atoms with Gasteiger partial charge in [0.1, 0.15) is 5.69 Å². The zero-order chi connectivity index (χ0) is 26.0. The standard InChI is InChI=1S/C24H28ClF3N6O2/c1-2-17-14-33(22-20(24(26,27)28)31-19(13-30-22)21(29)35)11-12-34(17)18-7-9-32(10-8-18)23(36)15-3-5-16(25)6-4-15/h3-6,13,17-18H,2,7-12,14H2,1H3,(H2,29,35)/t17-/m0/s1. The van der Waals surface area contributed by atoms with Crippen LogP contribution in [0.5, 0.6) is 0 Å². The van der Waals surface area contributed by atoms with Crippen LogP contribution in [0.3, 0.4) is 0 Å². The Bertz CT molecular complexity index is 1110. The Hall–Kier alpha value is -2.92. The summed E-state index contributed by atoms with van der Waals surface area (Å²) in [6.45, 7) is 4.49. The lowest BCUT2D eigenvalue weighted by molar-refractivity contribution is -0.141. The largest absolute Gasteiger partial charge is 0.437 e. The molecule has 12 heteroatoms. The summed E-state index contributed by atoms with van der Waals surface area (Å²) in [5, 5.41) is 0.576. The predicted molar refractivity (Wildman–Crippen MR) is 129 cm³/mol. The topological polar surface area (TPSA) is 95.7 Å². The molecule has 2 fully saturated rings. The molecule has 0 aliphatic carbocycles. The van der Waals surface area contributed by atoms with E-state index in [0.717, 1.165) is 25.5 Å². The van der Waals surface area contributed by atoms with Gasteiger partial charge in [-0.2, -0.15) is 13.2 Å². The van der Waals surface area contributed by atoms with E-state index < -0.39 is 23.5 Å². The van der Waals surface area contributed by atoms with Gasteiger partial charge < -0.3 is 15.5 Å². The van der Waals surface area contributed by atoms with Gasteiger partial charge in [-0.3, -0.25) is 14.5 Å². The Labute approximate surface area is 212 Å². The monoisotopic (exact) mass is 524 g/mol. The fourth-order valence-corrected chi connectivity index (χ4v) is 5.13. The first-order chi connectivity index (χ1) is 17.1. The number of piperidine rings is 1. The minimum absolute atomic E-state index is 0.0148. The number of alkyl halides is 3. The van der Waals surface area contributed by atoms with Crippen LogP contribution in [0.1, 0.15) is 52.7 Å². The molecule has 8 nitrogen and oxygen atoms in total. The van der Waals surface area contributed by atoms with Crippen molar-refractivity contribution in [2.75, 3.05) is 37.6 Å². The summed E-state index contributed by atoms with van der Waals surface area (Å²) in [7, 11) is 0. The van der Waals surface area contributed by atoms with Crippen LogP contribution in [-0.2, 0) is 6.18 Å². The first-order valence-corrected chi connectivity index (χ1v) is 12.3. The highest BCUT2D eigenvalue weighted by Gasteiger charge is 2.41. The van der Waals surface area contributed by atoms with Crippen molar-refractivity contribution in [2.45, 2.75) is 44.4 Å². The van der Waals surface area contributed by atoms with Gasteiger partial charge in [0.25, 0.3) is 11.8 Å². The number of nitrogens with two attached hydrogens (primary N) is 1. The highest BCUT2D eigenvalue weighted by Crippen LogP contribution is 2.35. The number of piperazine rings is 1. The van der Waals surface area contributed by atoms with E-state index in [4.69, 9.17) is 17.3 Å². The molecule has 2 aliphatic heterocycles. The van der Waals surface area contributed by atoms with Crippen molar-refractivity contribution < 1.29 is 22.8 Å². The molecule has 2 N–H and O–H groups in total. The van der Waals surface area contributed by atoms with Crippen LogP contribution < -0.4 is 10.6 Å². The fraction of sp³-hybridized carbons (Fsp3) is 0.500. The molecule has 2 aromatic rings. The molecule has 0 spiro atoms. The Morgan fingerprint density at radius 2 is 1.78 bits per heavy atom. The number of nitrogens with zero attached hydrogens (tertiary/aromatic N) is 5. The number of anilines is 1. The number of carbonyl (C=O) groups excluding carboxylic acids is 2. The van der Waals surface area contributed by atoms with Gasteiger partial charge in [0.15, 0.2) is 11.5 Å². The third-order valence-corrected chi connectivity index (χ3v) is 7.14. The van der Waals surface area contributed by atoms with E-state index in [-0.39, 0.29) is 23.8 Å². The molecule has 3 heterocycles. The summed E-state index contributed by atoms with van der Waals surface area (Å²) < 4.78 is 41.1. The smallest absolute Gasteiger partial charge is 0.364 e. The maximum atomic E-state index is 13.7. The molecular formula is C24H28ClF3N6O2. The molecule has 0 bridgehead atoms. The van der Waals surface area contributed by atoms with Gasteiger partial charge in [-0.05, 0) is 43.5 Å². The third-order valence-electron chi connectivity index (χ3n) is 6.89. The van der Waals surface area contributed by atoms with Crippen LogP contribution >= 0.6 is 11.6 Å². The lowest BCUT2D eigenvalue weighted by Gasteiger charge is -2.47. The number of carbonyl (C=O) groups is 2. The van der Waals surface area contributed by atoms with Crippen LogP contribution in [0.4, 0.5) is 19.0 Å². The lowest BCUT2D eigenvalue weighted by Crippen LogP contribution is -2.59.